The summed E-state index contributed by atoms with van der Waals surface area (Å²) < 4.78 is 2.62. The zero-order valence-electron chi connectivity index (χ0n) is 10.3. The number of amides is 1. The van der Waals surface area contributed by atoms with Crippen LogP contribution in [0.2, 0.25) is 0 Å². The Kier molecular flexibility index (Phi) is 3.86. The van der Waals surface area contributed by atoms with Gasteiger partial charge in [0.2, 0.25) is 5.91 Å². The van der Waals surface area contributed by atoms with Crippen LogP contribution in [0.25, 0.3) is 0 Å². The van der Waals surface area contributed by atoms with Gasteiger partial charge in [-0.3, -0.25) is 9.48 Å². The molecule has 94 valence electrons. The van der Waals surface area contributed by atoms with Gasteiger partial charge in [0.05, 0.1) is 10.7 Å². The number of likely N-dealkylation sites (tertiary alicyclic amines) is 1. The summed E-state index contributed by atoms with van der Waals surface area (Å²) in [5, 5.41) is 4.17. The molecule has 2 rings (SSSR count). The second-order valence-corrected chi connectivity index (χ2v) is 5.76. The van der Waals surface area contributed by atoms with Crippen LogP contribution in [0.1, 0.15) is 32.7 Å². The number of halogens is 1. The summed E-state index contributed by atoms with van der Waals surface area (Å²) in [5.74, 6) is 0.788. The fourth-order valence-electron chi connectivity index (χ4n) is 2.29. The van der Waals surface area contributed by atoms with Gasteiger partial charge in [0, 0.05) is 19.3 Å². The Morgan fingerprint density at radius 3 is 3.00 bits per heavy atom. The normalized spacial score (nSPS) is 22.5. The third kappa shape index (κ3) is 2.89. The van der Waals surface area contributed by atoms with Crippen molar-refractivity contribution in [3.8, 4) is 0 Å². The molecule has 1 saturated heterocycles. The highest BCUT2D eigenvalue weighted by Crippen LogP contribution is 2.20. The average Bonchev–Trinajstić information content (AvgIpc) is 2.74. The van der Waals surface area contributed by atoms with Crippen LogP contribution in [0.3, 0.4) is 0 Å². The molecule has 0 spiro atoms. The highest BCUT2D eigenvalue weighted by molar-refractivity contribution is 9.10. The van der Waals surface area contributed by atoms with E-state index in [0.717, 1.165) is 24.0 Å². The van der Waals surface area contributed by atoms with E-state index in [-0.39, 0.29) is 11.9 Å². The highest BCUT2D eigenvalue weighted by atomic mass is 79.9. The molecule has 2 heterocycles. The fourth-order valence-corrected chi connectivity index (χ4v) is 2.59. The fraction of sp³-hybridized carbons (Fsp3) is 0.667. The molecule has 4 nitrogen and oxygen atoms in total. The molecule has 2 atom stereocenters. The van der Waals surface area contributed by atoms with Gasteiger partial charge in [-0.05, 0) is 41.6 Å². The Hall–Kier alpha value is -0.840. The number of nitrogens with zero attached hydrogens (tertiary/aromatic N) is 3. The first-order valence-corrected chi connectivity index (χ1v) is 6.85. The number of rotatable bonds is 2. The first kappa shape index (κ1) is 12.6. The molecule has 5 heteroatoms. The summed E-state index contributed by atoms with van der Waals surface area (Å²) >= 11 is 3.35. The molecule has 1 aliphatic heterocycles. The predicted molar refractivity (Wildman–Crippen MR) is 69.6 cm³/mol. The third-order valence-corrected chi connectivity index (χ3v) is 3.70. The van der Waals surface area contributed by atoms with Gasteiger partial charge in [0.15, 0.2) is 0 Å². The number of piperidine rings is 1. The molecule has 0 saturated carbocycles. The van der Waals surface area contributed by atoms with Crippen LogP contribution in [-0.2, 0) is 4.79 Å². The topological polar surface area (TPSA) is 38.1 Å². The van der Waals surface area contributed by atoms with Crippen molar-refractivity contribution in [2.75, 3.05) is 13.1 Å². The van der Waals surface area contributed by atoms with Crippen molar-refractivity contribution in [2.45, 2.75) is 32.7 Å². The van der Waals surface area contributed by atoms with Crippen LogP contribution in [0.15, 0.2) is 16.9 Å². The van der Waals surface area contributed by atoms with E-state index in [1.54, 1.807) is 10.9 Å². The van der Waals surface area contributed by atoms with Gasteiger partial charge in [-0.1, -0.05) is 6.92 Å². The van der Waals surface area contributed by atoms with Gasteiger partial charge in [-0.15, -0.1) is 0 Å². The lowest BCUT2D eigenvalue weighted by atomic mass is 10.00. The van der Waals surface area contributed by atoms with Crippen molar-refractivity contribution in [1.82, 2.24) is 14.7 Å². The predicted octanol–water partition coefficient (Wildman–Crippen LogP) is 2.47. The largest absolute Gasteiger partial charge is 0.341 e. The number of hydrogen-bond acceptors (Lipinski definition) is 2. The molecule has 0 bridgehead atoms. The van der Waals surface area contributed by atoms with Crippen LogP contribution in [0.4, 0.5) is 0 Å². The monoisotopic (exact) mass is 299 g/mol. The van der Waals surface area contributed by atoms with E-state index >= 15 is 0 Å². The summed E-state index contributed by atoms with van der Waals surface area (Å²) in [5.41, 5.74) is 0. The summed E-state index contributed by atoms with van der Waals surface area (Å²) in [4.78, 5) is 14.3. The lowest BCUT2D eigenvalue weighted by molar-refractivity contribution is -0.136. The number of carbonyl (C=O) groups is 1. The van der Waals surface area contributed by atoms with E-state index < -0.39 is 0 Å². The van der Waals surface area contributed by atoms with Crippen molar-refractivity contribution in [2.24, 2.45) is 5.92 Å². The van der Waals surface area contributed by atoms with Crippen molar-refractivity contribution >= 4 is 21.8 Å². The zero-order chi connectivity index (χ0) is 12.4. The maximum atomic E-state index is 12.3. The molecule has 1 fully saturated rings. The molecule has 17 heavy (non-hydrogen) atoms. The van der Waals surface area contributed by atoms with Crippen LogP contribution >= 0.6 is 15.9 Å². The van der Waals surface area contributed by atoms with E-state index in [9.17, 15) is 4.79 Å². The lowest BCUT2D eigenvalue weighted by Crippen LogP contribution is -2.42. The minimum Gasteiger partial charge on any atom is -0.341 e. The molecule has 1 aliphatic rings. The Labute approximate surface area is 110 Å². The van der Waals surface area contributed by atoms with Crippen LogP contribution < -0.4 is 0 Å². The molecule has 0 aliphatic carbocycles. The molecule has 0 unspecified atom stereocenters. The molecule has 0 radical (unpaired) electrons. The van der Waals surface area contributed by atoms with Crippen LogP contribution in [0.5, 0.6) is 0 Å². The second-order valence-electron chi connectivity index (χ2n) is 4.85. The summed E-state index contributed by atoms with van der Waals surface area (Å²) in [6, 6.07) is -0.216. The Balaban J connectivity index is 2.04. The maximum Gasteiger partial charge on any atom is 0.247 e. The smallest absolute Gasteiger partial charge is 0.247 e. The number of aromatic nitrogens is 2. The van der Waals surface area contributed by atoms with Gasteiger partial charge in [-0.2, -0.15) is 5.10 Å². The third-order valence-electron chi connectivity index (χ3n) is 3.29. The molecule has 0 N–H and O–H groups in total. The van der Waals surface area contributed by atoms with E-state index in [4.69, 9.17) is 0 Å². The van der Waals surface area contributed by atoms with E-state index in [1.165, 1.54) is 6.42 Å². The molecule has 0 aromatic carbocycles. The standard InChI is InChI=1S/C12H18BrN3O/c1-9-4-3-5-15(7-9)12(17)10(2)16-8-11(13)6-14-16/h6,8-10H,3-5,7H2,1-2H3/t9-,10-/m1/s1. The van der Waals surface area contributed by atoms with Crippen molar-refractivity contribution in [3.05, 3.63) is 16.9 Å². The molecule has 1 amide bonds. The molecule has 1 aromatic heterocycles. The summed E-state index contributed by atoms with van der Waals surface area (Å²) in [7, 11) is 0. The molecular weight excluding hydrogens is 282 g/mol. The lowest BCUT2D eigenvalue weighted by Gasteiger charge is -2.32. The Bertz CT molecular complexity index is 404. The van der Waals surface area contributed by atoms with Gasteiger partial charge < -0.3 is 4.90 Å². The van der Waals surface area contributed by atoms with Crippen molar-refractivity contribution in [1.29, 1.82) is 0 Å². The SMILES string of the molecule is C[C@@H]1CCCN(C(=O)[C@@H](C)n2cc(Br)cn2)C1. The van der Waals surface area contributed by atoms with Gasteiger partial charge in [0.1, 0.15) is 6.04 Å². The van der Waals surface area contributed by atoms with Gasteiger partial charge >= 0.3 is 0 Å². The van der Waals surface area contributed by atoms with Crippen LogP contribution in [0, 0.1) is 5.92 Å². The van der Waals surface area contributed by atoms with E-state index in [2.05, 4.69) is 28.0 Å². The minimum atomic E-state index is -0.216. The number of carbonyl (C=O) groups excluding carboxylic acids is 1. The zero-order valence-corrected chi connectivity index (χ0v) is 11.9. The first-order valence-electron chi connectivity index (χ1n) is 6.06. The van der Waals surface area contributed by atoms with E-state index in [0.29, 0.717) is 5.92 Å². The highest BCUT2D eigenvalue weighted by Gasteiger charge is 2.26. The summed E-state index contributed by atoms with van der Waals surface area (Å²) in [6.07, 6.45) is 5.90. The average molecular weight is 300 g/mol. The van der Waals surface area contributed by atoms with Gasteiger partial charge in [-0.25, -0.2) is 0 Å². The quantitative estimate of drug-likeness (QED) is 0.841. The van der Waals surface area contributed by atoms with Gasteiger partial charge in [0.25, 0.3) is 0 Å². The first-order chi connectivity index (χ1) is 8.08. The van der Waals surface area contributed by atoms with Crippen molar-refractivity contribution in [3.63, 3.8) is 0 Å². The molecule has 1 aromatic rings. The Morgan fingerprint density at radius 2 is 2.41 bits per heavy atom. The second kappa shape index (κ2) is 5.21. The summed E-state index contributed by atoms with van der Waals surface area (Å²) in [6.45, 7) is 5.87. The number of hydrogen-bond donors (Lipinski definition) is 0. The van der Waals surface area contributed by atoms with E-state index in [1.807, 2.05) is 18.0 Å². The Morgan fingerprint density at radius 1 is 1.65 bits per heavy atom. The van der Waals surface area contributed by atoms with Crippen LogP contribution in [-0.4, -0.2) is 33.7 Å². The van der Waals surface area contributed by atoms with Crippen molar-refractivity contribution < 1.29 is 4.79 Å². The maximum absolute atomic E-state index is 12.3. The molecular formula is C12H18BrN3O. The minimum absolute atomic E-state index is 0.173.